The molecular formula is C16H15NO2. The van der Waals surface area contributed by atoms with Gasteiger partial charge in [0, 0.05) is 17.5 Å². The van der Waals surface area contributed by atoms with Crippen molar-refractivity contribution in [2.75, 3.05) is 0 Å². The second-order valence-electron chi connectivity index (χ2n) is 4.31. The summed E-state index contributed by atoms with van der Waals surface area (Å²) in [7, 11) is 0. The molecule has 0 saturated heterocycles. The summed E-state index contributed by atoms with van der Waals surface area (Å²) in [5, 5.41) is 1.07. The van der Waals surface area contributed by atoms with E-state index >= 15 is 0 Å². The lowest BCUT2D eigenvalue weighted by molar-refractivity contribution is 0.272. The first kappa shape index (κ1) is 11.8. The number of furan rings is 1. The van der Waals surface area contributed by atoms with Crippen LogP contribution in [0.1, 0.15) is 11.3 Å². The molecule has 0 fully saturated rings. The number of rotatable bonds is 4. The minimum absolute atomic E-state index is 0.394. The van der Waals surface area contributed by atoms with Crippen molar-refractivity contribution in [2.45, 2.75) is 13.2 Å². The maximum atomic E-state index is 5.81. The van der Waals surface area contributed by atoms with Crippen molar-refractivity contribution in [3.63, 3.8) is 0 Å². The van der Waals surface area contributed by atoms with E-state index in [0.29, 0.717) is 13.2 Å². The van der Waals surface area contributed by atoms with Gasteiger partial charge in [-0.25, -0.2) is 0 Å². The molecule has 0 aliphatic rings. The topological polar surface area (TPSA) is 48.4 Å². The molecular weight excluding hydrogens is 238 g/mol. The zero-order chi connectivity index (χ0) is 13.1. The van der Waals surface area contributed by atoms with Gasteiger partial charge in [-0.15, -0.1) is 0 Å². The van der Waals surface area contributed by atoms with Crippen LogP contribution in [0.4, 0.5) is 0 Å². The lowest BCUT2D eigenvalue weighted by atomic mass is 10.1. The zero-order valence-corrected chi connectivity index (χ0v) is 10.5. The third-order valence-electron chi connectivity index (χ3n) is 3.10. The third-order valence-corrected chi connectivity index (χ3v) is 3.10. The van der Waals surface area contributed by atoms with Crippen LogP contribution in [0.2, 0.25) is 0 Å². The van der Waals surface area contributed by atoms with E-state index in [0.717, 1.165) is 28.0 Å². The maximum Gasteiger partial charge on any atom is 0.147 e. The highest BCUT2D eigenvalue weighted by molar-refractivity contribution is 5.82. The largest absolute Gasteiger partial charge is 0.486 e. The Labute approximate surface area is 111 Å². The van der Waals surface area contributed by atoms with Crippen molar-refractivity contribution < 1.29 is 9.15 Å². The van der Waals surface area contributed by atoms with Gasteiger partial charge < -0.3 is 14.9 Å². The monoisotopic (exact) mass is 253 g/mol. The van der Waals surface area contributed by atoms with Gasteiger partial charge in [0.05, 0.1) is 0 Å². The molecule has 0 unspecified atom stereocenters. The second-order valence-corrected chi connectivity index (χ2v) is 4.31. The fourth-order valence-electron chi connectivity index (χ4n) is 2.16. The summed E-state index contributed by atoms with van der Waals surface area (Å²) in [6, 6.07) is 17.6. The number of hydrogen-bond acceptors (Lipinski definition) is 3. The normalized spacial score (nSPS) is 10.8. The van der Waals surface area contributed by atoms with Crippen LogP contribution in [0.15, 0.2) is 59.0 Å². The zero-order valence-electron chi connectivity index (χ0n) is 10.5. The van der Waals surface area contributed by atoms with Crippen molar-refractivity contribution in [3.8, 4) is 5.75 Å². The van der Waals surface area contributed by atoms with E-state index in [-0.39, 0.29) is 0 Å². The summed E-state index contributed by atoms with van der Waals surface area (Å²) in [4.78, 5) is 0. The highest BCUT2D eigenvalue weighted by Gasteiger charge is 2.12. The van der Waals surface area contributed by atoms with E-state index in [9.17, 15) is 0 Å². The fourth-order valence-corrected chi connectivity index (χ4v) is 2.16. The average Bonchev–Trinajstić information content (AvgIpc) is 2.83. The van der Waals surface area contributed by atoms with Crippen LogP contribution in [0, 0.1) is 0 Å². The molecule has 1 aromatic heterocycles. The van der Waals surface area contributed by atoms with Gasteiger partial charge in [0.2, 0.25) is 0 Å². The first-order valence-corrected chi connectivity index (χ1v) is 6.25. The van der Waals surface area contributed by atoms with E-state index in [2.05, 4.69) is 0 Å². The van der Waals surface area contributed by atoms with Gasteiger partial charge in [-0.1, -0.05) is 36.4 Å². The molecule has 3 heteroatoms. The van der Waals surface area contributed by atoms with E-state index < -0.39 is 0 Å². The summed E-state index contributed by atoms with van der Waals surface area (Å²) >= 11 is 0. The smallest absolute Gasteiger partial charge is 0.147 e. The summed E-state index contributed by atoms with van der Waals surface area (Å²) in [5.41, 5.74) is 7.69. The Bertz CT molecular complexity index is 674. The lowest BCUT2D eigenvalue weighted by Crippen LogP contribution is -2.02. The Morgan fingerprint density at radius 3 is 2.47 bits per heavy atom. The molecule has 0 amide bonds. The standard InChI is InChI=1S/C16H15NO2/c17-10-14-13-8-4-5-9-15(13)19-16(14)11-18-12-6-2-1-3-7-12/h1-9H,10-11,17H2. The number of ether oxygens (including phenoxy) is 1. The molecule has 0 spiro atoms. The van der Waals surface area contributed by atoms with E-state index in [1.807, 2.05) is 54.6 Å². The molecule has 0 bridgehead atoms. The van der Waals surface area contributed by atoms with Crippen LogP contribution in [0.5, 0.6) is 5.75 Å². The number of nitrogens with two attached hydrogens (primary N) is 1. The van der Waals surface area contributed by atoms with Gasteiger partial charge in [-0.2, -0.15) is 0 Å². The predicted octanol–water partition coefficient (Wildman–Crippen LogP) is 3.47. The molecule has 0 saturated carbocycles. The number of fused-ring (bicyclic) bond motifs is 1. The van der Waals surface area contributed by atoms with Crippen molar-refractivity contribution in [3.05, 3.63) is 65.9 Å². The maximum absolute atomic E-state index is 5.81. The van der Waals surface area contributed by atoms with E-state index in [1.165, 1.54) is 0 Å². The van der Waals surface area contributed by atoms with Crippen LogP contribution in [-0.2, 0) is 13.2 Å². The molecule has 3 rings (SSSR count). The van der Waals surface area contributed by atoms with Crippen molar-refractivity contribution in [2.24, 2.45) is 5.73 Å². The van der Waals surface area contributed by atoms with Gasteiger partial charge in [-0.3, -0.25) is 0 Å². The minimum atomic E-state index is 0.394. The number of para-hydroxylation sites is 2. The van der Waals surface area contributed by atoms with Crippen LogP contribution in [-0.4, -0.2) is 0 Å². The first-order valence-electron chi connectivity index (χ1n) is 6.25. The minimum Gasteiger partial charge on any atom is -0.486 e. The highest BCUT2D eigenvalue weighted by atomic mass is 16.5. The molecule has 0 radical (unpaired) electrons. The SMILES string of the molecule is NCc1c(COc2ccccc2)oc2ccccc12. The summed E-state index contributed by atoms with van der Waals surface area (Å²) in [6.45, 7) is 0.843. The van der Waals surface area contributed by atoms with E-state index in [1.54, 1.807) is 0 Å². The van der Waals surface area contributed by atoms with Gasteiger partial charge in [0.1, 0.15) is 23.7 Å². The van der Waals surface area contributed by atoms with E-state index in [4.69, 9.17) is 14.9 Å². The Kier molecular flexibility index (Phi) is 3.21. The highest BCUT2D eigenvalue weighted by Crippen LogP contribution is 2.26. The van der Waals surface area contributed by atoms with Gasteiger partial charge in [0.25, 0.3) is 0 Å². The van der Waals surface area contributed by atoms with Crippen LogP contribution in [0.25, 0.3) is 11.0 Å². The summed E-state index contributed by atoms with van der Waals surface area (Å²) in [6.07, 6.45) is 0. The molecule has 1 heterocycles. The first-order chi connectivity index (χ1) is 9.38. The quantitative estimate of drug-likeness (QED) is 0.774. The Hall–Kier alpha value is -2.26. The average molecular weight is 253 g/mol. The molecule has 96 valence electrons. The Morgan fingerprint density at radius 1 is 0.947 bits per heavy atom. The van der Waals surface area contributed by atoms with Crippen molar-refractivity contribution in [1.82, 2.24) is 0 Å². The molecule has 0 atom stereocenters. The molecule has 3 aromatic rings. The summed E-state index contributed by atoms with van der Waals surface area (Å²) in [5.74, 6) is 1.62. The molecule has 3 nitrogen and oxygen atoms in total. The predicted molar refractivity (Wildman–Crippen MR) is 74.9 cm³/mol. The van der Waals surface area contributed by atoms with Crippen molar-refractivity contribution >= 4 is 11.0 Å². The van der Waals surface area contributed by atoms with Crippen LogP contribution in [0.3, 0.4) is 0 Å². The van der Waals surface area contributed by atoms with Gasteiger partial charge in [-0.05, 0) is 18.2 Å². The van der Waals surface area contributed by atoms with Crippen molar-refractivity contribution in [1.29, 1.82) is 0 Å². The van der Waals surface area contributed by atoms with Crippen LogP contribution < -0.4 is 10.5 Å². The Balaban J connectivity index is 1.88. The third kappa shape index (κ3) is 2.33. The summed E-state index contributed by atoms with van der Waals surface area (Å²) < 4.78 is 11.5. The molecule has 0 aliphatic heterocycles. The number of hydrogen-bond donors (Lipinski definition) is 1. The lowest BCUT2D eigenvalue weighted by Gasteiger charge is -2.04. The number of benzene rings is 2. The van der Waals surface area contributed by atoms with Gasteiger partial charge in [0.15, 0.2) is 0 Å². The second kappa shape index (κ2) is 5.16. The van der Waals surface area contributed by atoms with Gasteiger partial charge >= 0.3 is 0 Å². The Morgan fingerprint density at radius 2 is 1.68 bits per heavy atom. The molecule has 2 aromatic carbocycles. The fraction of sp³-hybridized carbons (Fsp3) is 0.125. The molecule has 19 heavy (non-hydrogen) atoms. The molecule has 2 N–H and O–H groups in total. The molecule has 0 aliphatic carbocycles. The van der Waals surface area contributed by atoms with Crippen LogP contribution >= 0.6 is 0 Å².